The molecule has 16 nitrogen and oxygen atoms in total. The molecule has 1 aromatic heterocycles. The van der Waals surface area contributed by atoms with Crippen molar-refractivity contribution in [3.05, 3.63) is 63.5 Å². The number of hydrogen-bond acceptors (Lipinski definition) is 12. The van der Waals surface area contributed by atoms with Crippen molar-refractivity contribution in [1.29, 1.82) is 0 Å². The Labute approximate surface area is 210 Å². The molecule has 2 aromatic rings. The highest BCUT2D eigenvalue weighted by Crippen LogP contribution is 2.41. The smallest absolute Gasteiger partial charge is 0.351 e. The lowest BCUT2D eigenvalue weighted by Gasteiger charge is -2.29. The first-order valence-electron chi connectivity index (χ1n) is 10.9. The van der Waals surface area contributed by atoms with Crippen molar-refractivity contribution in [2.75, 3.05) is 18.9 Å². The number of hydrogen-bond donors (Lipinski definition) is 3. The van der Waals surface area contributed by atoms with Gasteiger partial charge in [-0.1, -0.05) is 28.1 Å². The zero-order valence-electron chi connectivity index (χ0n) is 19.8. The quantitative estimate of drug-likeness (QED) is 0.0897. The number of nitrogens with zero attached hydrogens (tertiary/aromatic N) is 6. The molecule has 0 bridgehead atoms. The number of carbonyl (C=O) groups is 1. The summed E-state index contributed by atoms with van der Waals surface area (Å²) in [6.07, 6.45) is -4.09. The Bertz CT molecular complexity index is 1230. The van der Waals surface area contributed by atoms with E-state index in [1.807, 2.05) is 0 Å². The van der Waals surface area contributed by atoms with Crippen LogP contribution in [0.3, 0.4) is 0 Å². The molecular formula is C20H26N7O9P. The van der Waals surface area contributed by atoms with Crippen molar-refractivity contribution in [2.45, 2.75) is 44.1 Å². The normalized spacial score (nSPS) is 24.7. The third kappa shape index (κ3) is 6.26. The molecule has 0 spiro atoms. The summed E-state index contributed by atoms with van der Waals surface area (Å²) in [5.41, 5.74) is 11.4. The van der Waals surface area contributed by atoms with Crippen LogP contribution >= 0.6 is 8.18 Å². The Morgan fingerprint density at radius 2 is 2.11 bits per heavy atom. The number of aliphatic hydroxyl groups is 2. The van der Waals surface area contributed by atoms with Gasteiger partial charge in [0.1, 0.15) is 29.8 Å². The van der Waals surface area contributed by atoms with E-state index in [0.29, 0.717) is 0 Å². The summed E-state index contributed by atoms with van der Waals surface area (Å²) >= 11 is 0. The average molecular weight is 539 g/mol. The first kappa shape index (κ1) is 28.1. The average Bonchev–Trinajstić information content (AvgIpc) is 3.12. The maximum Gasteiger partial charge on any atom is 0.351 e. The second-order valence-electron chi connectivity index (χ2n) is 7.73. The van der Waals surface area contributed by atoms with Gasteiger partial charge in [-0.25, -0.2) is 4.79 Å². The van der Waals surface area contributed by atoms with E-state index in [4.69, 9.17) is 30.1 Å². The largest absolute Gasteiger partial charge is 0.465 e. The topological polar surface area (TPSA) is 224 Å². The number of azide groups is 1. The van der Waals surface area contributed by atoms with Crippen molar-refractivity contribution >= 4 is 20.0 Å². The number of ether oxygens (including phenoxy) is 2. The van der Waals surface area contributed by atoms with E-state index in [2.05, 4.69) is 15.0 Å². The minimum Gasteiger partial charge on any atom is -0.465 e. The number of rotatable bonds is 11. The molecule has 6 atom stereocenters. The van der Waals surface area contributed by atoms with Crippen LogP contribution in [0.15, 0.2) is 52.5 Å². The van der Waals surface area contributed by atoms with Crippen LogP contribution in [0.5, 0.6) is 5.75 Å². The van der Waals surface area contributed by atoms with Crippen molar-refractivity contribution < 1.29 is 38.4 Å². The van der Waals surface area contributed by atoms with E-state index in [1.165, 1.54) is 13.0 Å². The Morgan fingerprint density at radius 3 is 2.73 bits per heavy atom. The number of aliphatic hydroxyl groups excluding tert-OH is 2. The maximum atomic E-state index is 13.2. The molecule has 2 heterocycles. The summed E-state index contributed by atoms with van der Waals surface area (Å²) in [7, 11) is -3.46. The fourth-order valence-electron chi connectivity index (χ4n) is 3.38. The fraction of sp³-hybridized carbons (Fsp3) is 0.450. The van der Waals surface area contributed by atoms with Crippen LogP contribution in [0.1, 0.15) is 20.1 Å². The Morgan fingerprint density at radius 1 is 1.41 bits per heavy atom. The van der Waals surface area contributed by atoms with Crippen molar-refractivity contribution in [2.24, 2.45) is 5.11 Å². The fourth-order valence-corrected chi connectivity index (χ4v) is 4.43. The molecule has 17 heteroatoms. The molecule has 1 aromatic carbocycles. The third-order valence-electron chi connectivity index (χ3n) is 5.25. The summed E-state index contributed by atoms with van der Waals surface area (Å²) in [5, 5.41) is 24.7. The lowest BCUT2D eigenvalue weighted by molar-refractivity contribution is -0.155. The second-order valence-corrected chi connectivity index (χ2v) is 8.99. The highest BCUT2D eigenvalue weighted by Gasteiger charge is 2.56. The summed E-state index contributed by atoms with van der Waals surface area (Å²) in [4.78, 5) is 37.1. The standard InChI is InChI=1S/C20H26N7O9P/c1-3-33-18(30)12(2)27(36-13-7-5-4-6-8-13)37(32)34-11-20(24-25-22)16(29)15(28)17(35-20)26-10-9-14(21)23-19(26)31/h4-10,12,15-17,28-29,37H,3,11H2,1-2H3,(H2,21,23,31)/t12?,15-,16+,17-,20-/m1/s1. The molecule has 1 aliphatic heterocycles. The summed E-state index contributed by atoms with van der Waals surface area (Å²) in [5.74, 6) is -0.618. The molecule has 200 valence electrons. The molecule has 0 radical (unpaired) electrons. The summed E-state index contributed by atoms with van der Waals surface area (Å²) < 4.78 is 29.9. The maximum absolute atomic E-state index is 13.2. The molecule has 37 heavy (non-hydrogen) atoms. The van der Waals surface area contributed by atoms with E-state index in [-0.39, 0.29) is 18.2 Å². The predicted molar refractivity (Wildman–Crippen MR) is 127 cm³/mol. The molecule has 0 amide bonds. The van der Waals surface area contributed by atoms with Gasteiger partial charge in [0.15, 0.2) is 6.23 Å². The number of nitrogen functional groups attached to an aromatic ring is 1. The molecular weight excluding hydrogens is 513 g/mol. The monoisotopic (exact) mass is 539 g/mol. The summed E-state index contributed by atoms with van der Waals surface area (Å²) in [6.45, 7) is 2.17. The van der Waals surface area contributed by atoms with Crippen molar-refractivity contribution in [1.82, 2.24) is 14.4 Å². The van der Waals surface area contributed by atoms with Crippen molar-refractivity contribution in [3.63, 3.8) is 0 Å². The number of benzene rings is 1. The Kier molecular flexibility index (Phi) is 9.23. The number of carbonyl (C=O) groups excluding carboxylic acids is 1. The molecule has 1 aliphatic rings. The van der Waals surface area contributed by atoms with Crippen LogP contribution in [-0.4, -0.2) is 67.8 Å². The van der Waals surface area contributed by atoms with Gasteiger partial charge in [0.2, 0.25) is 5.72 Å². The highest BCUT2D eigenvalue weighted by molar-refractivity contribution is 7.36. The van der Waals surface area contributed by atoms with Crippen LogP contribution in [0, 0.1) is 0 Å². The van der Waals surface area contributed by atoms with E-state index in [1.54, 1.807) is 37.3 Å². The van der Waals surface area contributed by atoms with Gasteiger partial charge < -0.3 is 34.8 Å². The predicted octanol–water partition coefficient (Wildman–Crippen LogP) is 0.737. The van der Waals surface area contributed by atoms with E-state index >= 15 is 0 Å². The number of hydroxylamine groups is 1. The number of aromatic nitrogens is 2. The Balaban J connectivity index is 1.85. The van der Waals surface area contributed by atoms with Crippen LogP contribution in [0.4, 0.5) is 5.82 Å². The van der Waals surface area contributed by atoms with Crippen LogP contribution < -0.4 is 16.3 Å². The van der Waals surface area contributed by atoms with Crippen molar-refractivity contribution in [3.8, 4) is 5.75 Å². The van der Waals surface area contributed by atoms with Gasteiger partial charge >= 0.3 is 11.7 Å². The minimum atomic E-state index is -3.46. The first-order valence-corrected chi connectivity index (χ1v) is 12.2. The Hall–Kier alpha value is -3.49. The second kappa shape index (κ2) is 12.2. The van der Waals surface area contributed by atoms with Gasteiger partial charge in [0.05, 0.1) is 13.2 Å². The molecule has 0 aliphatic carbocycles. The summed E-state index contributed by atoms with van der Waals surface area (Å²) in [6, 6.07) is 8.16. The van der Waals surface area contributed by atoms with Gasteiger partial charge in [-0.3, -0.25) is 13.9 Å². The number of anilines is 1. The lowest BCUT2D eigenvalue weighted by atomic mass is 10.1. The van der Waals surface area contributed by atoms with Gasteiger partial charge in [0.25, 0.3) is 8.18 Å². The van der Waals surface area contributed by atoms with E-state index in [0.717, 1.165) is 15.6 Å². The zero-order chi connectivity index (χ0) is 27.2. The SMILES string of the molecule is CCOC(=O)C(C)N(Oc1ccccc1)[PH](=O)OC[C@@]1(N=[N+]=[N-])O[C@@H](n2ccc(N)nc2=O)[C@H](O)[C@@H]1O. The van der Waals surface area contributed by atoms with Crippen LogP contribution in [-0.2, 0) is 23.4 Å². The molecule has 2 unspecified atom stereocenters. The third-order valence-corrected chi connectivity index (χ3v) is 6.48. The molecule has 1 saturated heterocycles. The van der Waals surface area contributed by atoms with Crippen LogP contribution in [0.2, 0.25) is 0 Å². The van der Waals surface area contributed by atoms with Gasteiger partial charge in [-0.2, -0.15) is 4.98 Å². The van der Waals surface area contributed by atoms with Gasteiger partial charge in [-0.05, 0) is 37.6 Å². The van der Waals surface area contributed by atoms with Gasteiger partial charge in [0, 0.05) is 11.1 Å². The molecule has 3 rings (SSSR count). The minimum absolute atomic E-state index is 0.0583. The molecule has 4 N–H and O–H groups in total. The lowest BCUT2D eigenvalue weighted by Crippen LogP contribution is -2.45. The molecule has 0 saturated carbocycles. The number of nitrogens with two attached hydrogens (primary N) is 1. The van der Waals surface area contributed by atoms with E-state index < -0.39 is 56.6 Å². The van der Waals surface area contributed by atoms with Gasteiger partial charge in [-0.15, -0.1) is 0 Å². The number of para-hydroxylation sites is 1. The molecule has 1 fully saturated rings. The first-order chi connectivity index (χ1) is 17.6. The number of esters is 1. The zero-order valence-corrected chi connectivity index (χ0v) is 20.8. The van der Waals surface area contributed by atoms with E-state index in [9.17, 15) is 24.4 Å². The highest BCUT2D eigenvalue weighted by atomic mass is 31.1. The van der Waals surface area contributed by atoms with Crippen LogP contribution in [0.25, 0.3) is 10.4 Å².